The highest BCUT2D eigenvalue weighted by atomic mass is 16.2. The Kier molecular flexibility index (Phi) is 21.2. The van der Waals surface area contributed by atoms with Crippen LogP contribution in [0.25, 0.3) is 0 Å². The van der Waals surface area contributed by atoms with E-state index in [1.807, 2.05) is 7.05 Å². The Balaban J connectivity index is 0. The van der Waals surface area contributed by atoms with Gasteiger partial charge in [0.05, 0.1) is 0 Å². The van der Waals surface area contributed by atoms with Crippen molar-refractivity contribution in [2.75, 3.05) is 20.2 Å². The van der Waals surface area contributed by atoms with E-state index < -0.39 is 0 Å². The van der Waals surface area contributed by atoms with E-state index in [1.165, 1.54) is 45.1 Å². The summed E-state index contributed by atoms with van der Waals surface area (Å²) in [6, 6.07) is 0. The van der Waals surface area contributed by atoms with Crippen LogP contribution in [0.15, 0.2) is 0 Å². The summed E-state index contributed by atoms with van der Waals surface area (Å²) < 4.78 is 0. The standard InChI is InChI=1S/C9H21N.C2H6O/c1-3-4-5-6-7-8-9-10-2;1-2-3/h10H,3-9H2,1-2H3;3H,2H2,1H3. The Morgan fingerprint density at radius 1 is 0.923 bits per heavy atom. The van der Waals surface area contributed by atoms with Gasteiger partial charge in [0.2, 0.25) is 0 Å². The molecule has 82 valence electrons. The molecule has 0 heterocycles. The predicted octanol–water partition coefficient (Wildman–Crippen LogP) is 2.56. The van der Waals surface area contributed by atoms with Crippen molar-refractivity contribution in [3.05, 3.63) is 0 Å². The largest absolute Gasteiger partial charge is 0.397 e. The monoisotopic (exact) mass is 189 g/mol. The summed E-state index contributed by atoms with van der Waals surface area (Å²) >= 11 is 0. The predicted molar refractivity (Wildman–Crippen MR) is 60.1 cm³/mol. The minimum absolute atomic E-state index is 0.250. The van der Waals surface area contributed by atoms with Gasteiger partial charge in [0.1, 0.15) is 0 Å². The van der Waals surface area contributed by atoms with E-state index in [9.17, 15) is 0 Å². The molecule has 0 unspecified atom stereocenters. The molecule has 0 bridgehead atoms. The van der Waals surface area contributed by atoms with Gasteiger partial charge in [-0.25, -0.2) is 0 Å². The Labute approximate surface area is 83.7 Å². The van der Waals surface area contributed by atoms with Crippen molar-refractivity contribution in [3.8, 4) is 0 Å². The molecule has 0 aliphatic rings. The number of nitrogens with one attached hydrogen (secondary N) is 1. The fourth-order valence-corrected chi connectivity index (χ4v) is 1.08. The topological polar surface area (TPSA) is 32.3 Å². The molecule has 0 saturated carbocycles. The van der Waals surface area contributed by atoms with Crippen LogP contribution in [0.1, 0.15) is 52.4 Å². The van der Waals surface area contributed by atoms with Crippen LogP contribution in [0.5, 0.6) is 0 Å². The molecule has 0 saturated heterocycles. The van der Waals surface area contributed by atoms with E-state index >= 15 is 0 Å². The zero-order valence-corrected chi connectivity index (χ0v) is 9.60. The molecule has 0 aromatic rings. The van der Waals surface area contributed by atoms with Gasteiger partial charge in [0.15, 0.2) is 0 Å². The summed E-state index contributed by atoms with van der Waals surface area (Å²) in [5.41, 5.74) is 0. The second kappa shape index (κ2) is 17.9. The first-order chi connectivity index (χ1) is 6.33. The second-order valence-corrected chi connectivity index (χ2v) is 3.19. The molecule has 0 rings (SSSR count). The van der Waals surface area contributed by atoms with Crippen LogP contribution in [0.3, 0.4) is 0 Å². The first-order valence-corrected chi connectivity index (χ1v) is 5.58. The molecule has 0 aromatic carbocycles. The summed E-state index contributed by atoms with van der Waals surface area (Å²) in [5.74, 6) is 0. The van der Waals surface area contributed by atoms with Crippen LogP contribution >= 0.6 is 0 Å². The second-order valence-electron chi connectivity index (χ2n) is 3.19. The maximum Gasteiger partial charge on any atom is 0.0402 e. The van der Waals surface area contributed by atoms with Crippen molar-refractivity contribution in [1.29, 1.82) is 0 Å². The zero-order chi connectivity index (χ0) is 10.4. The number of hydrogen-bond donors (Lipinski definition) is 2. The van der Waals surface area contributed by atoms with Gasteiger partial charge in [0, 0.05) is 6.61 Å². The molecule has 0 atom stereocenters. The molecule has 0 spiro atoms. The van der Waals surface area contributed by atoms with E-state index in [4.69, 9.17) is 5.11 Å². The number of unbranched alkanes of at least 4 members (excludes halogenated alkanes) is 5. The third-order valence-corrected chi connectivity index (χ3v) is 1.78. The van der Waals surface area contributed by atoms with E-state index in [1.54, 1.807) is 6.92 Å². The first-order valence-electron chi connectivity index (χ1n) is 5.58. The molecule has 0 fully saturated rings. The summed E-state index contributed by atoms with van der Waals surface area (Å²) in [5, 5.41) is 10.7. The van der Waals surface area contributed by atoms with E-state index in [-0.39, 0.29) is 6.61 Å². The summed E-state index contributed by atoms with van der Waals surface area (Å²) in [4.78, 5) is 0. The lowest BCUT2D eigenvalue weighted by atomic mass is 10.1. The molecule has 2 nitrogen and oxygen atoms in total. The molecule has 2 heteroatoms. The molecule has 0 aliphatic heterocycles. The van der Waals surface area contributed by atoms with E-state index in [2.05, 4.69) is 12.2 Å². The van der Waals surface area contributed by atoms with Gasteiger partial charge in [-0.05, 0) is 26.9 Å². The molecule has 0 aliphatic carbocycles. The first kappa shape index (κ1) is 15.4. The van der Waals surface area contributed by atoms with Crippen molar-refractivity contribution >= 4 is 0 Å². The number of rotatable bonds is 7. The highest BCUT2D eigenvalue weighted by molar-refractivity contribution is 4.45. The summed E-state index contributed by atoms with van der Waals surface area (Å²) in [7, 11) is 2.02. The molecular weight excluding hydrogens is 162 g/mol. The molecule has 0 amide bonds. The van der Waals surface area contributed by atoms with Gasteiger partial charge in [0.25, 0.3) is 0 Å². The minimum atomic E-state index is 0.250. The van der Waals surface area contributed by atoms with Gasteiger partial charge < -0.3 is 10.4 Å². The van der Waals surface area contributed by atoms with Crippen LogP contribution in [-0.2, 0) is 0 Å². The molecular formula is C11H27NO. The lowest BCUT2D eigenvalue weighted by Gasteiger charge is -1.98. The smallest absolute Gasteiger partial charge is 0.0402 e. The highest BCUT2D eigenvalue weighted by Gasteiger charge is 1.87. The van der Waals surface area contributed by atoms with Crippen molar-refractivity contribution in [1.82, 2.24) is 5.32 Å². The number of aliphatic hydroxyl groups is 1. The lowest BCUT2D eigenvalue weighted by Crippen LogP contribution is -2.06. The maximum absolute atomic E-state index is 7.57. The van der Waals surface area contributed by atoms with Crippen LogP contribution in [0.4, 0.5) is 0 Å². The van der Waals surface area contributed by atoms with Crippen molar-refractivity contribution in [3.63, 3.8) is 0 Å². The van der Waals surface area contributed by atoms with Gasteiger partial charge in [-0.3, -0.25) is 0 Å². The van der Waals surface area contributed by atoms with Crippen LogP contribution in [-0.4, -0.2) is 25.3 Å². The fraction of sp³-hybridized carbons (Fsp3) is 1.00. The van der Waals surface area contributed by atoms with Crippen molar-refractivity contribution in [2.45, 2.75) is 52.4 Å². The highest BCUT2D eigenvalue weighted by Crippen LogP contribution is 2.03. The SMILES string of the molecule is CCCCCCCCNC.CCO. The number of hydrogen-bond acceptors (Lipinski definition) is 2. The minimum Gasteiger partial charge on any atom is -0.397 e. The third-order valence-electron chi connectivity index (χ3n) is 1.78. The van der Waals surface area contributed by atoms with Crippen LogP contribution in [0.2, 0.25) is 0 Å². The number of aliphatic hydroxyl groups excluding tert-OH is 1. The van der Waals surface area contributed by atoms with Crippen LogP contribution < -0.4 is 5.32 Å². The lowest BCUT2D eigenvalue weighted by molar-refractivity contribution is 0.318. The fourth-order valence-electron chi connectivity index (χ4n) is 1.08. The normalized spacial score (nSPS) is 9.23. The van der Waals surface area contributed by atoms with E-state index in [0.717, 1.165) is 0 Å². The van der Waals surface area contributed by atoms with Gasteiger partial charge in [-0.1, -0.05) is 39.0 Å². The Bertz CT molecular complexity index is 59.1. The molecule has 2 N–H and O–H groups in total. The van der Waals surface area contributed by atoms with Crippen molar-refractivity contribution in [2.24, 2.45) is 0 Å². The van der Waals surface area contributed by atoms with Gasteiger partial charge in [-0.15, -0.1) is 0 Å². The summed E-state index contributed by atoms with van der Waals surface area (Å²) in [6.07, 6.45) is 8.38. The molecule has 0 aromatic heterocycles. The molecule has 0 radical (unpaired) electrons. The van der Waals surface area contributed by atoms with Crippen LogP contribution in [0, 0.1) is 0 Å². The average Bonchev–Trinajstić information content (AvgIpc) is 2.13. The maximum atomic E-state index is 7.57. The quantitative estimate of drug-likeness (QED) is 0.603. The van der Waals surface area contributed by atoms with Crippen molar-refractivity contribution < 1.29 is 5.11 Å². The average molecular weight is 189 g/mol. The van der Waals surface area contributed by atoms with Gasteiger partial charge in [-0.2, -0.15) is 0 Å². The Morgan fingerprint density at radius 3 is 1.85 bits per heavy atom. The summed E-state index contributed by atoms with van der Waals surface area (Å²) in [6.45, 7) is 5.37. The zero-order valence-electron chi connectivity index (χ0n) is 9.60. The van der Waals surface area contributed by atoms with Gasteiger partial charge >= 0.3 is 0 Å². The Morgan fingerprint density at radius 2 is 1.38 bits per heavy atom. The molecule has 13 heavy (non-hydrogen) atoms. The Hall–Kier alpha value is -0.0800. The van der Waals surface area contributed by atoms with E-state index in [0.29, 0.717) is 0 Å². The third kappa shape index (κ3) is 24.5.